The Morgan fingerprint density at radius 3 is 1.88 bits per heavy atom. The minimum atomic E-state index is -2.00. The molecular weight excluding hydrogens is 1710 g/mol. The Morgan fingerprint density at radius 2 is 1.32 bits per heavy atom. The Hall–Kier alpha value is -12.8. The lowest BCUT2D eigenvalue weighted by Crippen LogP contribution is -2.52. The Kier molecular flexibility index (Phi) is 34.1. The molecule has 13 rings (SSSR count). The lowest BCUT2D eigenvalue weighted by Gasteiger charge is -2.42. The quantitative estimate of drug-likeness (QED) is 0.0219. The summed E-state index contributed by atoms with van der Waals surface area (Å²) in [6.45, 7) is 9.58. The van der Waals surface area contributed by atoms with Crippen LogP contribution in [-0.2, 0) is 46.3 Å². The molecule has 5 aliphatic rings. The first-order valence-electron chi connectivity index (χ1n) is 40.1. The molecule has 25 N–H and O–H groups in total. The van der Waals surface area contributed by atoms with E-state index in [0.29, 0.717) is 80.5 Å². The van der Waals surface area contributed by atoms with E-state index < -0.39 is 166 Å². The number of anilines is 6. The molecule has 5 heterocycles. The Balaban J connectivity index is 0.000000194. The summed E-state index contributed by atoms with van der Waals surface area (Å²) in [6, 6.07) is 14.5. The molecule has 0 bridgehead atoms. The number of ether oxygens (including phenoxy) is 5. The number of amides is 2. The van der Waals surface area contributed by atoms with E-state index in [4.69, 9.17) is 61.3 Å². The third kappa shape index (κ3) is 22.8. The molecule has 688 valence electrons. The maximum absolute atomic E-state index is 14.1. The van der Waals surface area contributed by atoms with E-state index in [1.54, 1.807) is 31.2 Å². The number of aliphatic carboxylic acids is 2. The van der Waals surface area contributed by atoms with Gasteiger partial charge in [-0.25, -0.2) is 28.7 Å². The van der Waals surface area contributed by atoms with Crippen molar-refractivity contribution >= 4 is 111 Å². The normalized spacial score (nSPS) is 20.1. The van der Waals surface area contributed by atoms with Crippen LogP contribution in [0.4, 0.5) is 43.8 Å². The highest BCUT2D eigenvalue weighted by atomic mass is 35.5. The summed E-state index contributed by atoms with van der Waals surface area (Å²) in [5, 5.41) is 140. The van der Waals surface area contributed by atoms with Gasteiger partial charge in [-0.2, -0.15) is 15.0 Å². The highest BCUT2D eigenvalue weighted by Gasteiger charge is 2.50. The van der Waals surface area contributed by atoms with Crippen LogP contribution in [0.3, 0.4) is 0 Å². The maximum Gasteiger partial charge on any atom is 0.412 e. The van der Waals surface area contributed by atoms with E-state index in [2.05, 4.69) is 62.1 Å². The summed E-state index contributed by atoms with van der Waals surface area (Å²) in [5.41, 5.74) is 16.1. The van der Waals surface area contributed by atoms with E-state index in [0.717, 1.165) is 23.6 Å². The molecule has 2 fully saturated rings. The number of nitrogen functional groups attached to an aromatic ring is 2. The zero-order chi connectivity index (χ0) is 92.6. The minimum absolute atomic E-state index is 0. The predicted octanol–water partition coefficient (Wildman–Crippen LogP) is 2.32. The first-order chi connectivity index (χ1) is 60.5. The third-order valence-corrected chi connectivity index (χ3v) is 21.1. The molecule has 2 aliphatic heterocycles. The number of aliphatic hydroxyl groups is 6. The number of Topliss-reactive ketones (excluding diaryl/α,β-unsaturated/α-hetero) is 1. The van der Waals surface area contributed by atoms with Gasteiger partial charge in [0.2, 0.25) is 23.3 Å². The molecule has 3 aliphatic carbocycles. The number of aromatic hydroxyl groups is 4. The van der Waals surface area contributed by atoms with E-state index in [1.807, 2.05) is 6.92 Å². The van der Waals surface area contributed by atoms with Crippen LogP contribution in [-0.4, -0.2) is 264 Å². The minimum Gasteiger partial charge on any atom is -0.507 e. The molecule has 128 heavy (non-hydrogen) atoms. The topological polar surface area (TPSA) is 691 Å². The monoisotopic (exact) mass is 1810 g/mol. The van der Waals surface area contributed by atoms with Crippen molar-refractivity contribution in [2.24, 2.45) is 5.73 Å². The Bertz CT molecular complexity index is 5430. The number of hydrogen-bond acceptors (Lipinski definition) is 38. The van der Waals surface area contributed by atoms with Crippen LogP contribution >= 0.6 is 12.4 Å². The zero-order valence-electron chi connectivity index (χ0n) is 69.7. The van der Waals surface area contributed by atoms with Crippen molar-refractivity contribution in [1.82, 2.24) is 45.4 Å². The number of nitrogens with two attached hydrogens (primary N) is 3. The summed E-state index contributed by atoms with van der Waals surface area (Å²) in [7, 11) is 1.34. The number of benzene rings is 5. The largest absolute Gasteiger partial charge is 0.507 e. The van der Waals surface area contributed by atoms with Crippen molar-refractivity contribution in [3.05, 3.63) is 162 Å². The van der Waals surface area contributed by atoms with Gasteiger partial charge in [0.1, 0.15) is 52.6 Å². The van der Waals surface area contributed by atoms with E-state index in [1.165, 1.54) is 69.6 Å². The molecule has 3 aromatic heterocycles. The average molecular weight is 1810 g/mol. The van der Waals surface area contributed by atoms with E-state index in [-0.39, 0.29) is 143 Å². The number of phenolic OH excluding ortho intramolecular Hbond substituents is 4. The van der Waals surface area contributed by atoms with E-state index in [9.17, 15) is 93.2 Å². The van der Waals surface area contributed by atoms with Gasteiger partial charge in [-0.1, -0.05) is 31.9 Å². The van der Waals surface area contributed by atoms with Crippen molar-refractivity contribution in [3.63, 3.8) is 0 Å². The number of methoxy groups -OCH3 is 1. The van der Waals surface area contributed by atoms with Crippen molar-refractivity contribution in [2.45, 2.75) is 152 Å². The van der Waals surface area contributed by atoms with Gasteiger partial charge < -0.3 is 134 Å². The number of rotatable bonds is 31. The number of ketones is 5. The van der Waals surface area contributed by atoms with Crippen LogP contribution in [0.5, 0.6) is 28.7 Å². The fraction of sp³-hybridized carbons (Fsp3) is 0.410. The van der Waals surface area contributed by atoms with Crippen molar-refractivity contribution < 1.29 is 133 Å². The molecule has 0 radical (unpaired) electrons. The first-order valence-corrected chi connectivity index (χ1v) is 40.1. The number of aliphatic hydroxyl groups excluding tert-OH is 5. The molecule has 5 unspecified atom stereocenters. The summed E-state index contributed by atoms with van der Waals surface area (Å²) in [6.07, 6.45) is -5.85. The second kappa shape index (κ2) is 44.1. The van der Waals surface area contributed by atoms with E-state index >= 15 is 0 Å². The van der Waals surface area contributed by atoms with Gasteiger partial charge in [-0.3, -0.25) is 43.4 Å². The number of aromatic nitrogens is 6. The molecule has 11 atom stereocenters. The summed E-state index contributed by atoms with van der Waals surface area (Å²) in [4.78, 5) is 144. The Morgan fingerprint density at radius 1 is 0.711 bits per heavy atom. The van der Waals surface area contributed by atoms with Crippen LogP contribution in [0.25, 0.3) is 11.2 Å². The maximum atomic E-state index is 14.1. The number of halogens is 2. The van der Waals surface area contributed by atoms with Crippen LogP contribution in [0.2, 0.25) is 0 Å². The highest BCUT2D eigenvalue weighted by molar-refractivity contribution is 6.34. The molecule has 2 saturated heterocycles. The smallest absolute Gasteiger partial charge is 0.412 e. The van der Waals surface area contributed by atoms with Crippen LogP contribution in [0, 0.1) is 5.82 Å². The average Bonchev–Trinajstić information content (AvgIpc) is 0.828. The number of phenols is 4. The SMILES string of the molecule is CCCCCOC(=O)Nc1nc(=O)n([C@@H]2O[C@H](C)[C@@H](O)[C@H]2O)cc1F.COc1cccc2c1C(=O)c1c(O)c3c(c(O)c1C2=O)C[C@@](O)(C(C)=O)C[C@@H]3OC1CC(N)C(O)C(C)O1.Cl.Nc1nc(N)c2nc(CNc3ccc(C(=O)NC(CCC(=O)O)C(=O)O)cc3)cnc2n1.O=C1c2c(O)ccc(O)c2C(=O)c2c(NCCNCCO)ccc(NCCNCCO)c21. The third-order valence-electron chi connectivity index (χ3n) is 21.1. The van der Waals surface area contributed by atoms with Gasteiger partial charge in [0, 0.05) is 110 Å². The summed E-state index contributed by atoms with van der Waals surface area (Å²) >= 11 is 0. The number of carboxylic acid groups (broad SMARTS) is 2. The van der Waals surface area contributed by atoms with Gasteiger partial charge in [0.15, 0.2) is 52.7 Å². The number of carbonyl (C=O) groups is 9. The molecule has 5 aromatic carbocycles. The van der Waals surface area contributed by atoms with Gasteiger partial charge in [0.25, 0.3) is 5.91 Å². The lowest BCUT2D eigenvalue weighted by molar-refractivity contribution is -0.247. The van der Waals surface area contributed by atoms with Crippen LogP contribution in [0.1, 0.15) is 176 Å². The predicted molar refractivity (Wildman–Crippen MR) is 456 cm³/mol. The van der Waals surface area contributed by atoms with Crippen LogP contribution in [0.15, 0.2) is 83.9 Å². The number of carboxylic acids is 2. The van der Waals surface area contributed by atoms with Crippen molar-refractivity contribution in [3.8, 4) is 28.7 Å². The molecular formula is C83H100ClFN16O27. The highest BCUT2D eigenvalue weighted by Crippen LogP contribution is 2.53. The molecule has 8 aromatic rings. The van der Waals surface area contributed by atoms with Gasteiger partial charge >= 0.3 is 23.7 Å². The lowest BCUT2D eigenvalue weighted by atomic mass is 9.72. The first kappa shape index (κ1) is 99.0. The van der Waals surface area contributed by atoms with Crippen molar-refractivity contribution in [1.29, 1.82) is 0 Å². The Labute approximate surface area is 734 Å². The molecule has 0 saturated carbocycles. The van der Waals surface area contributed by atoms with Gasteiger partial charge in [0.05, 0.1) is 115 Å². The van der Waals surface area contributed by atoms with Gasteiger partial charge in [-0.05, 0) is 88.2 Å². The molecule has 0 spiro atoms. The second-order valence-corrected chi connectivity index (χ2v) is 29.9. The number of unbranched alkanes of at least 4 members (excludes halogenated alkanes) is 2. The second-order valence-electron chi connectivity index (χ2n) is 29.9. The van der Waals surface area contributed by atoms with Gasteiger partial charge in [-0.15, -0.1) is 12.4 Å². The number of nitrogens with zero attached hydrogens (tertiary/aromatic N) is 6. The van der Waals surface area contributed by atoms with Crippen molar-refractivity contribution in [2.75, 3.05) is 98.9 Å². The number of fused-ring (bicyclic) bond motifs is 6. The molecule has 2 amide bonds. The summed E-state index contributed by atoms with van der Waals surface area (Å²) < 4.78 is 42.0. The molecule has 45 heteroatoms. The fourth-order valence-corrected chi connectivity index (χ4v) is 14.5. The fourth-order valence-electron chi connectivity index (χ4n) is 14.5. The number of hydrogen-bond donors (Lipinski definition) is 22. The van der Waals surface area contributed by atoms with Crippen LogP contribution < -0.4 is 64.8 Å². The zero-order valence-corrected chi connectivity index (χ0v) is 70.5. The molecule has 43 nitrogen and oxygen atoms in total. The number of nitrogens with one attached hydrogen (secondary N) is 7. The number of carbonyl (C=O) groups excluding carboxylic acids is 7. The standard InChI is InChI=1S/C27H29NO10.C22H28N4O6.C19H20N8O5.C15H22FN3O6.ClH/c1-10-22(30)14(28)7-17(37-10)38-16-9-27(35,11(2)29)8-13-19(16)26(34)21-20(24(13)32)23(31)12-5-4-6-15(36-3)18(12)25(21)33;27-11-9-23-5-7-25-13-1-2-14(26-8-6-24-10-12-28)18-17(13)21(31)19-15(29)3-4-16(30)20(19)22(18)32;20-15-14-16(27-19(21)26-15)23-8-11(24-14)7-22-10-3-1-9(2-4-10)17(30)25-12(18(31)32)5-6-13(28)29;1-3-4-5-6-24-15(23)18-12-9(16)7-19(14(22)17-12)13-11(21)10(20)8(2)25-13;/h4-6,10,14,16-17,22,30,32,34-35H,7-9,28H2,1-3H3;1-4,23-30H,5-12H2;1-4,8,12,22H,5-7H2,(H,25,30)(H,28,29)(H,31,32)(H4,20,21,23,26,27);7-8,10-11,13,20-21H,3-6H2,1-2H3,(H,17,18,22,23);1H/t10?,14?,16-,17?,22?,27-;;;8-,10-,11-,13-;/m0..1./s1. The summed E-state index contributed by atoms with van der Waals surface area (Å²) in [5.74, 6) is -9.55.